The fourth-order valence-corrected chi connectivity index (χ4v) is 4.12. The van der Waals surface area contributed by atoms with E-state index in [1.165, 1.54) is 11.3 Å². The standard InChI is InChI=1S/C14H17BrN2OS2/c1-14(2,3)13-16-6-11(20-13)12(18)17(4)7-10-5-9(15)8-19-10/h5-6,8H,7H2,1-4H3. The molecule has 20 heavy (non-hydrogen) atoms. The molecule has 0 saturated carbocycles. The lowest BCUT2D eigenvalue weighted by Gasteiger charge is -2.15. The van der Waals surface area contributed by atoms with E-state index in [1.54, 1.807) is 22.4 Å². The van der Waals surface area contributed by atoms with E-state index < -0.39 is 0 Å². The molecule has 2 heterocycles. The third-order valence-corrected chi connectivity index (χ3v) is 5.81. The third kappa shape index (κ3) is 3.68. The van der Waals surface area contributed by atoms with Crippen molar-refractivity contribution in [2.24, 2.45) is 0 Å². The first-order valence-electron chi connectivity index (χ1n) is 6.22. The van der Waals surface area contributed by atoms with Crippen molar-refractivity contribution >= 4 is 44.5 Å². The average molecular weight is 373 g/mol. The number of carbonyl (C=O) groups is 1. The number of halogens is 1. The third-order valence-electron chi connectivity index (χ3n) is 2.72. The van der Waals surface area contributed by atoms with E-state index in [0.717, 1.165) is 14.4 Å². The Hall–Kier alpha value is -0.720. The summed E-state index contributed by atoms with van der Waals surface area (Å²) in [5.41, 5.74) is -0.0135. The molecule has 2 rings (SSSR count). The number of hydrogen-bond donors (Lipinski definition) is 0. The molecule has 0 aliphatic carbocycles. The molecule has 0 aromatic carbocycles. The van der Waals surface area contributed by atoms with Crippen molar-refractivity contribution in [3.63, 3.8) is 0 Å². The Morgan fingerprint density at radius 2 is 2.15 bits per heavy atom. The summed E-state index contributed by atoms with van der Waals surface area (Å²) in [6.45, 7) is 6.94. The zero-order valence-electron chi connectivity index (χ0n) is 11.9. The molecular formula is C14H17BrN2OS2. The van der Waals surface area contributed by atoms with Crippen LogP contribution >= 0.6 is 38.6 Å². The molecule has 0 unspecified atom stereocenters. The lowest BCUT2D eigenvalue weighted by atomic mass is 9.98. The van der Waals surface area contributed by atoms with Crippen molar-refractivity contribution < 1.29 is 4.79 Å². The van der Waals surface area contributed by atoms with E-state index in [1.807, 2.05) is 18.5 Å². The van der Waals surface area contributed by atoms with Crippen molar-refractivity contribution in [1.82, 2.24) is 9.88 Å². The maximum absolute atomic E-state index is 12.4. The molecule has 0 radical (unpaired) electrons. The minimum absolute atomic E-state index is 0.0135. The van der Waals surface area contributed by atoms with Crippen LogP contribution in [-0.2, 0) is 12.0 Å². The molecule has 2 aromatic rings. The van der Waals surface area contributed by atoms with Crippen LogP contribution in [0.1, 0.15) is 40.3 Å². The summed E-state index contributed by atoms with van der Waals surface area (Å²) < 4.78 is 1.06. The maximum atomic E-state index is 12.4. The number of rotatable bonds is 3. The van der Waals surface area contributed by atoms with E-state index in [2.05, 4.69) is 41.7 Å². The van der Waals surface area contributed by atoms with Crippen LogP contribution < -0.4 is 0 Å². The van der Waals surface area contributed by atoms with Gasteiger partial charge in [-0.3, -0.25) is 4.79 Å². The van der Waals surface area contributed by atoms with Crippen LogP contribution in [0.4, 0.5) is 0 Å². The molecular weight excluding hydrogens is 356 g/mol. The number of thiophene rings is 1. The zero-order chi connectivity index (χ0) is 14.9. The SMILES string of the molecule is CN(Cc1cc(Br)cs1)C(=O)c1cnc(C(C)(C)C)s1. The predicted octanol–water partition coefficient (Wildman–Crippen LogP) is 4.54. The minimum Gasteiger partial charge on any atom is -0.336 e. The van der Waals surface area contributed by atoms with Gasteiger partial charge in [0.05, 0.1) is 17.7 Å². The molecule has 0 bridgehead atoms. The maximum Gasteiger partial charge on any atom is 0.265 e. The number of carbonyl (C=O) groups excluding carboxylic acids is 1. The molecule has 0 saturated heterocycles. The van der Waals surface area contributed by atoms with Gasteiger partial charge in [0.1, 0.15) is 4.88 Å². The summed E-state index contributed by atoms with van der Waals surface area (Å²) in [5, 5.41) is 3.02. The van der Waals surface area contributed by atoms with Gasteiger partial charge in [0.15, 0.2) is 0 Å². The Kier molecular flexibility index (Phi) is 4.66. The van der Waals surface area contributed by atoms with Crippen LogP contribution in [0, 0.1) is 0 Å². The molecule has 2 aromatic heterocycles. The average Bonchev–Trinajstić information content (AvgIpc) is 2.96. The quantitative estimate of drug-likeness (QED) is 0.792. The summed E-state index contributed by atoms with van der Waals surface area (Å²) >= 11 is 6.56. The Morgan fingerprint density at radius 1 is 1.45 bits per heavy atom. The van der Waals surface area contributed by atoms with Crippen LogP contribution in [0.5, 0.6) is 0 Å². The molecule has 6 heteroatoms. The molecule has 3 nitrogen and oxygen atoms in total. The topological polar surface area (TPSA) is 33.2 Å². The van der Waals surface area contributed by atoms with Crippen LogP contribution in [0.15, 0.2) is 22.1 Å². The summed E-state index contributed by atoms with van der Waals surface area (Å²) in [7, 11) is 1.83. The van der Waals surface area contributed by atoms with Crippen molar-refractivity contribution in [3.05, 3.63) is 36.9 Å². The first-order chi connectivity index (χ1) is 9.27. The largest absolute Gasteiger partial charge is 0.336 e. The second-order valence-corrected chi connectivity index (χ2v) is 8.61. The van der Waals surface area contributed by atoms with E-state index in [4.69, 9.17) is 0 Å². The van der Waals surface area contributed by atoms with Crippen molar-refractivity contribution in [3.8, 4) is 0 Å². The Morgan fingerprint density at radius 3 is 2.65 bits per heavy atom. The zero-order valence-corrected chi connectivity index (χ0v) is 15.2. The Labute approximate surface area is 135 Å². The fourth-order valence-electron chi connectivity index (χ4n) is 1.65. The van der Waals surface area contributed by atoms with E-state index in [-0.39, 0.29) is 11.3 Å². The smallest absolute Gasteiger partial charge is 0.265 e. The molecule has 108 valence electrons. The second kappa shape index (κ2) is 5.95. The predicted molar refractivity (Wildman–Crippen MR) is 88.6 cm³/mol. The van der Waals surface area contributed by atoms with E-state index in [0.29, 0.717) is 11.4 Å². The molecule has 0 aliphatic rings. The van der Waals surface area contributed by atoms with Gasteiger partial charge in [-0.2, -0.15) is 0 Å². The van der Waals surface area contributed by atoms with Crippen molar-refractivity contribution in [2.45, 2.75) is 32.7 Å². The van der Waals surface area contributed by atoms with Crippen LogP contribution in [-0.4, -0.2) is 22.8 Å². The number of nitrogens with zero attached hydrogens (tertiary/aromatic N) is 2. The molecule has 1 amide bonds. The lowest BCUT2D eigenvalue weighted by molar-refractivity contribution is 0.0791. The summed E-state index contributed by atoms with van der Waals surface area (Å²) in [6.07, 6.45) is 1.69. The number of amides is 1. The highest BCUT2D eigenvalue weighted by molar-refractivity contribution is 9.10. The second-order valence-electron chi connectivity index (χ2n) is 5.67. The van der Waals surface area contributed by atoms with Crippen molar-refractivity contribution in [2.75, 3.05) is 7.05 Å². The first-order valence-corrected chi connectivity index (χ1v) is 8.71. The molecule has 0 spiro atoms. The highest BCUT2D eigenvalue weighted by Gasteiger charge is 2.22. The van der Waals surface area contributed by atoms with Crippen molar-refractivity contribution in [1.29, 1.82) is 0 Å². The molecule has 0 fully saturated rings. The lowest BCUT2D eigenvalue weighted by Crippen LogP contribution is -2.25. The van der Waals surface area contributed by atoms with Gasteiger partial charge in [0.2, 0.25) is 0 Å². The summed E-state index contributed by atoms with van der Waals surface area (Å²) in [6, 6.07) is 2.04. The van der Waals surface area contributed by atoms with Gasteiger partial charge in [-0.1, -0.05) is 20.8 Å². The van der Waals surface area contributed by atoms with Gasteiger partial charge in [-0.25, -0.2) is 4.98 Å². The first kappa shape index (κ1) is 15.7. The Bertz CT molecular complexity index is 613. The monoisotopic (exact) mass is 372 g/mol. The Balaban J connectivity index is 2.09. The number of hydrogen-bond acceptors (Lipinski definition) is 4. The molecule has 0 atom stereocenters. The van der Waals surface area contributed by atoms with Gasteiger partial charge in [-0.15, -0.1) is 22.7 Å². The van der Waals surface area contributed by atoms with E-state index >= 15 is 0 Å². The van der Waals surface area contributed by atoms with Gasteiger partial charge >= 0.3 is 0 Å². The number of aromatic nitrogens is 1. The van der Waals surface area contributed by atoms with Crippen LogP contribution in [0.25, 0.3) is 0 Å². The number of thiazole rings is 1. The molecule has 0 N–H and O–H groups in total. The van der Waals surface area contributed by atoms with E-state index in [9.17, 15) is 4.79 Å². The molecule has 0 aliphatic heterocycles. The fraction of sp³-hybridized carbons (Fsp3) is 0.429. The highest BCUT2D eigenvalue weighted by atomic mass is 79.9. The van der Waals surface area contributed by atoms with Gasteiger partial charge in [-0.05, 0) is 22.0 Å². The summed E-state index contributed by atoms with van der Waals surface area (Å²) in [5.74, 6) is 0.0301. The summed E-state index contributed by atoms with van der Waals surface area (Å²) in [4.78, 5) is 20.4. The highest BCUT2D eigenvalue weighted by Crippen LogP contribution is 2.28. The minimum atomic E-state index is -0.0135. The van der Waals surface area contributed by atoms with Crippen LogP contribution in [0.2, 0.25) is 0 Å². The van der Waals surface area contributed by atoms with Gasteiger partial charge < -0.3 is 4.90 Å². The van der Waals surface area contributed by atoms with Gasteiger partial charge in [0.25, 0.3) is 5.91 Å². The van der Waals surface area contributed by atoms with Gasteiger partial charge in [0, 0.05) is 27.2 Å². The van der Waals surface area contributed by atoms with Crippen LogP contribution in [0.3, 0.4) is 0 Å². The normalized spacial score (nSPS) is 11.7.